The van der Waals surface area contributed by atoms with E-state index in [0.29, 0.717) is 6.42 Å². The molecule has 21 heavy (non-hydrogen) atoms. The van der Waals surface area contributed by atoms with E-state index in [2.05, 4.69) is 15.4 Å². The van der Waals surface area contributed by atoms with Crippen LogP contribution in [-0.4, -0.2) is 56.8 Å². The molecule has 0 aliphatic carbocycles. The van der Waals surface area contributed by atoms with Crippen LogP contribution in [0.2, 0.25) is 0 Å². The lowest BCUT2D eigenvalue weighted by Crippen LogP contribution is -2.46. The Balaban J connectivity index is 3.98. The standard InChI is InChI=1S/C10H20N4O6S/c1-21(19,20)13-6-2-5-12-10(18)14-7(9(16)17)3-4-8(11)15/h7,13H,2-6H2,1H3,(H2,11,15)(H,16,17)(H2,12,14,18)/t7-/m0/s1. The quantitative estimate of drug-likeness (QED) is 0.290. The van der Waals surface area contributed by atoms with Crippen LogP contribution in [0.1, 0.15) is 19.3 Å². The number of hydrogen-bond acceptors (Lipinski definition) is 5. The van der Waals surface area contributed by atoms with Gasteiger partial charge >= 0.3 is 12.0 Å². The van der Waals surface area contributed by atoms with E-state index < -0.39 is 34.0 Å². The Kier molecular flexibility index (Phi) is 8.31. The highest BCUT2D eigenvalue weighted by atomic mass is 32.2. The van der Waals surface area contributed by atoms with Crippen LogP contribution in [0, 0.1) is 0 Å². The number of urea groups is 1. The molecular formula is C10H20N4O6S. The Morgan fingerprint density at radius 1 is 1.24 bits per heavy atom. The van der Waals surface area contributed by atoms with E-state index in [-0.39, 0.29) is 25.9 Å². The highest BCUT2D eigenvalue weighted by Crippen LogP contribution is 1.97. The molecule has 0 heterocycles. The van der Waals surface area contributed by atoms with Gasteiger partial charge < -0.3 is 21.5 Å². The maximum atomic E-state index is 11.4. The Morgan fingerprint density at radius 3 is 2.33 bits per heavy atom. The first-order chi connectivity index (χ1) is 9.61. The first kappa shape index (κ1) is 19.1. The number of nitrogens with one attached hydrogen (secondary N) is 3. The van der Waals surface area contributed by atoms with Crippen molar-refractivity contribution in [3.8, 4) is 0 Å². The van der Waals surface area contributed by atoms with Gasteiger partial charge in [-0.25, -0.2) is 22.7 Å². The van der Waals surface area contributed by atoms with Crippen molar-refractivity contribution < 1.29 is 27.9 Å². The van der Waals surface area contributed by atoms with Gasteiger partial charge in [-0.2, -0.15) is 0 Å². The van der Waals surface area contributed by atoms with Gasteiger partial charge in [0.2, 0.25) is 15.9 Å². The molecule has 1 atom stereocenters. The van der Waals surface area contributed by atoms with E-state index in [1.165, 1.54) is 0 Å². The monoisotopic (exact) mass is 324 g/mol. The summed E-state index contributed by atoms with van der Waals surface area (Å²) in [4.78, 5) is 32.9. The number of carboxylic acids is 1. The van der Waals surface area contributed by atoms with Crippen LogP contribution < -0.4 is 21.1 Å². The Bertz CT molecular complexity index is 478. The van der Waals surface area contributed by atoms with Crippen LogP contribution in [-0.2, 0) is 19.6 Å². The Hall–Kier alpha value is -1.88. The van der Waals surface area contributed by atoms with Crippen LogP contribution in [0.15, 0.2) is 0 Å². The van der Waals surface area contributed by atoms with Crippen molar-refractivity contribution in [2.45, 2.75) is 25.3 Å². The summed E-state index contributed by atoms with van der Waals surface area (Å²) in [5, 5.41) is 13.4. The molecule has 0 radical (unpaired) electrons. The summed E-state index contributed by atoms with van der Waals surface area (Å²) in [6, 6.07) is -1.93. The van der Waals surface area contributed by atoms with E-state index in [4.69, 9.17) is 10.8 Å². The molecule has 10 nitrogen and oxygen atoms in total. The van der Waals surface area contributed by atoms with Gasteiger partial charge in [0, 0.05) is 19.5 Å². The van der Waals surface area contributed by atoms with Gasteiger partial charge in [0.25, 0.3) is 0 Å². The second-order valence-corrected chi connectivity index (χ2v) is 6.15. The molecule has 0 saturated carbocycles. The highest BCUT2D eigenvalue weighted by Gasteiger charge is 2.20. The smallest absolute Gasteiger partial charge is 0.326 e. The van der Waals surface area contributed by atoms with Crippen molar-refractivity contribution in [1.29, 1.82) is 0 Å². The summed E-state index contributed by atoms with van der Waals surface area (Å²) < 4.78 is 23.8. The van der Waals surface area contributed by atoms with Crippen LogP contribution >= 0.6 is 0 Å². The van der Waals surface area contributed by atoms with Gasteiger partial charge in [-0.15, -0.1) is 0 Å². The second-order valence-electron chi connectivity index (χ2n) is 4.32. The van der Waals surface area contributed by atoms with Gasteiger partial charge in [0.15, 0.2) is 0 Å². The van der Waals surface area contributed by atoms with E-state index in [9.17, 15) is 22.8 Å². The lowest BCUT2D eigenvalue weighted by molar-refractivity contribution is -0.139. The second kappa shape index (κ2) is 9.13. The number of carboxylic acid groups (broad SMARTS) is 1. The van der Waals surface area contributed by atoms with Crippen LogP contribution in [0.4, 0.5) is 4.79 Å². The van der Waals surface area contributed by atoms with Crippen molar-refractivity contribution in [2.24, 2.45) is 5.73 Å². The zero-order valence-electron chi connectivity index (χ0n) is 11.6. The third kappa shape index (κ3) is 11.6. The largest absolute Gasteiger partial charge is 0.480 e. The average molecular weight is 324 g/mol. The maximum Gasteiger partial charge on any atom is 0.326 e. The van der Waals surface area contributed by atoms with Gasteiger partial charge in [-0.3, -0.25) is 4.79 Å². The molecule has 0 spiro atoms. The van der Waals surface area contributed by atoms with Gasteiger partial charge in [-0.1, -0.05) is 0 Å². The number of carbonyl (C=O) groups excluding carboxylic acids is 2. The third-order valence-corrected chi connectivity index (χ3v) is 3.01. The molecule has 0 bridgehead atoms. The number of primary amides is 1. The SMILES string of the molecule is CS(=O)(=O)NCCCNC(=O)N[C@@H](CCC(N)=O)C(=O)O. The van der Waals surface area contributed by atoms with Gasteiger partial charge in [0.05, 0.1) is 6.26 Å². The Labute approximate surface area is 122 Å². The number of carbonyl (C=O) groups is 3. The maximum absolute atomic E-state index is 11.4. The number of sulfonamides is 1. The summed E-state index contributed by atoms with van der Waals surface area (Å²) in [7, 11) is -3.27. The van der Waals surface area contributed by atoms with Gasteiger partial charge in [-0.05, 0) is 12.8 Å². The van der Waals surface area contributed by atoms with Crippen LogP contribution in [0.25, 0.3) is 0 Å². The molecule has 11 heteroatoms. The number of hydrogen-bond donors (Lipinski definition) is 5. The topological polar surface area (TPSA) is 168 Å². The lowest BCUT2D eigenvalue weighted by atomic mass is 10.1. The van der Waals surface area contributed by atoms with Crippen molar-refractivity contribution >= 4 is 27.9 Å². The summed E-state index contributed by atoms with van der Waals surface area (Å²) in [6.07, 6.45) is 1.10. The lowest BCUT2D eigenvalue weighted by Gasteiger charge is -2.14. The third-order valence-electron chi connectivity index (χ3n) is 2.29. The zero-order chi connectivity index (χ0) is 16.5. The molecule has 0 aliphatic heterocycles. The molecule has 0 aromatic carbocycles. The van der Waals surface area contributed by atoms with Crippen molar-refractivity contribution in [2.75, 3.05) is 19.3 Å². The first-order valence-corrected chi connectivity index (χ1v) is 8.01. The van der Waals surface area contributed by atoms with Crippen molar-refractivity contribution in [3.63, 3.8) is 0 Å². The zero-order valence-corrected chi connectivity index (χ0v) is 12.4. The summed E-state index contributed by atoms with van der Waals surface area (Å²) in [6.45, 7) is 0.319. The molecular weight excluding hydrogens is 304 g/mol. The Morgan fingerprint density at radius 2 is 1.86 bits per heavy atom. The molecule has 0 aromatic heterocycles. The van der Waals surface area contributed by atoms with E-state index in [0.717, 1.165) is 6.26 Å². The van der Waals surface area contributed by atoms with Crippen LogP contribution in [0.3, 0.4) is 0 Å². The van der Waals surface area contributed by atoms with Crippen molar-refractivity contribution in [3.05, 3.63) is 0 Å². The minimum absolute atomic E-state index is 0.103. The minimum atomic E-state index is -3.27. The summed E-state index contributed by atoms with van der Waals surface area (Å²) in [5.41, 5.74) is 4.90. The number of rotatable bonds is 10. The molecule has 0 fully saturated rings. The molecule has 122 valence electrons. The van der Waals surface area contributed by atoms with Gasteiger partial charge in [0.1, 0.15) is 6.04 Å². The fraction of sp³-hybridized carbons (Fsp3) is 0.700. The number of aliphatic carboxylic acids is 1. The predicted molar refractivity (Wildman–Crippen MR) is 73.9 cm³/mol. The molecule has 0 rings (SSSR count). The average Bonchev–Trinajstić information content (AvgIpc) is 2.31. The van der Waals surface area contributed by atoms with E-state index in [1.807, 2.05) is 0 Å². The fourth-order valence-corrected chi connectivity index (χ4v) is 1.82. The minimum Gasteiger partial charge on any atom is -0.480 e. The molecule has 3 amide bonds. The first-order valence-electron chi connectivity index (χ1n) is 6.12. The van der Waals surface area contributed by atoms with E-state index >= 15 is 0 Å². The molecule has 0 aromatic rings. The number of nitrogens with two attached hydrogens (primary N) is 1. The normalized spacial score (nSPS) is 12.4. The van der Waals surface area contributed by atoms with Crippen molar-refractivity contribution in [1.82, 2.24) is 15.4 Å². The molecule has 0 aliphatic rings. The molecule has 0 unspecified atom stereocenters. The predicted octanol–water partition coefficient (Wildman–Crippen LogP) is -2.06. The van der Waals surface area contributed by atoms with E-state index in [1.54, 1.807) is 0 Å². The van der Waals surface area contributed by atoms with Crippen LogP contribution in [0.5, 0.6) is 0 Å². The summed E-state index contributed by atoms with van der Waals surface area (Å²) in [5.74, 6) is -1.93. The fourth-order valence-electron chi connectivity index (χ4n) is 1.30. The highest BCUT2D eigenvalue weighted by molar-refractivity contribution is 7.88. The molecule has 0 saturated heterocycles. The molecule has 6 N–H and O–H groups in total. The summed E-state index contributed by atoms with van der Waals surface area (Å²) >= 11 is 0. The number of amides is 3.